The number of aryl methyl sites for hydroxylation is 2. The van der Waals surface area contributed by atoms with E-state index < -0.39 is 0 Å². The van der Waals surface area contributed by atoms with Gasteiger partial charge in [0.25, 0.3) is 0 Å². The van der Waals surface area contributed by atoms with Crippen molar-refractivity contribution in [2.75, 3.05) is 7.05 Å². The van der Waals surface area contributed by atoms with Crippen LogP contribution >= 0.6 is 0 Å². The highest BCUT2D eigenvalue weighted by Gasteiger charge is 2.48. The SMILES string of the molecule is Cc1ccc(-c2cc([C@H]3[C@@H](c4ccc(C)cc4)C[C@@H]4CC[C@H]3N4C)on2)cc1. The highest BCUT2D eigenvalue weighted by molar-refractivity contribution is 5.59. The molecule has 0 amide bonds. The fourth-order valence-electron chi connectivity index (χ4n) is 5.32. The molecule has 5 rings (SSSR count). The lowest BCUT2D eigenvalue weighted by Gasteiger charge is -2.42. The van der Waals surface area contributed by atoms with Gasteiger partial charge in [0.15, 0.2) is 0 Å². The number of piperidine rings is 1. The van der Waals surface area contributed by atoms with Crippen molar-refractivity contribution in [3.05, 3.63) is 77.0 Å². The van der Waals surface area contributed by atoms with Crippen LogP contribution in [0, 0.1) is 13.8 Å². The normalized spacial score (nSPS) is 27.2. The molecule has 2 aliphatic heterocycles. The Morgan fingerprint density at radius 1 is 0.929 bits per heavy atom. The van der Waals surface area contributed by atoms with Crippen molar-refractivity contribution in [1.29, 1.82) is 0 Å². The molecule has 0 saturated carbocycles. The summed E-state index contributed by atoms with van der Waals surface area (Å²) in [4.78, 5) is 2.59. The Hall–Kier alpha value is -2.39. The van der Waals surface area contributed by atoms with Crippen molar-refractivity contribution in [2.24, 2.45) is 0 Å². The standard InChI is InChI=1S/C25H28N2O/c1-16-4-8-18(9-5-16)21-14-20-12-13-23(27(20)3)25(21)24-15-22(26-28-24)19-10-6-17(2)7-11-19/h4-11,15,20-21,23,25H,12-14H2,1-3H3/t20-,21+,23+,25-/m0/s1. The molecule has 144 valence electrons. The number of rotatable bonds is 3. The first-order valence-corrected chi connectivity index (χ1v) is 10.4. The van der Waals surface area contributed by atoms with Gasteiger partial charge in [0, 0.05) is 29.6 Å². The average Bonchev–Trinajstić information content (AvgIpc) is 3.26. The fourth-order valence-corrected chi connectivity index (χ4v) is 5.32. The lowest BCUT2D eigenvalue weighted by Crippen LogP contribution is -2.44. The Morgan fingerprint density at radius 2 is 1.61 bits per heavy atom. The fraction of sp³-hybridized carbons (Fsp3) is 0.400. The lowest BCUT2D eigenvalue weighted by atomic mass is 9.74. The van der Waals surface area contributed by atoms with E-state index in [0.29, 0.717) is 23.9 Å². The molecule has 2 bridgehead atoms. The first-order chi connectivity index (χ1) is 13.6. The highest BCUT2D eigenvalue weighted by Crippen LogP contribution is 2.51. The maximum absolute atomic E-state index is 5.99. The van der Waals surface area contributed by atoms with E-state index in [4.69, 9.17) is 4.52 Å². The summed E-state index contributed by atoms with van der Waals surface area (Å²) in [7, 11) is 2.29. The van der Waals surface area contributed by atoms with Crippen LogP contribution in [-0.4, -0.2) is 29.2 Å². The van der Waals surface area contributed by atoms with Crippen LogP contribution in [0.1, 0.15) is 53.5 Å². The molecule has 0 N–H and O–H groups in total. The second-order valence-electron chi connectivity index (χ2n) is 8.72. The van der Waals surface area contributed by atoms with Gasteiger partial charge in [-0.05, 0) is 51.6 Å². The third-order valence-electron chi connectivity index (χ3n) is 6.98. The molecular formula is C25H28N2O. The molecule has 3 heterocycles. The van der Waals surface area contributed by atoms with Crippen LogP contribution < -0.4 is 0 Å². The molecule has 0 unspecified atom stereocenters. The Labute approximate surface area is 167 Å². The minimum atomic E-state index is 0.359. The van der Waals surface area contributed by atoms with E-state index in [0.717, 1.165) is 17.0 Å². The van der Waals surface area contributed by atoms with Gasteiger partial charge in [-0.1, -0.05) is 64.8 Å². The molecule has 3 aromatic rings. The van der Waals surface area contributed by atoms with E-state index in [1.165, 1.54) is 36.0 Å². The molecule has 4 atom stereocenters. The number of nitrogens with zero attached hydrogens (tertiary/aromatic N) is 2. The summed E-state index contributed by atoms with van der Waals surface area (Å²) in [5, 5.41) is 4.45. The summed E-state index contributed by atoms with van der Waals surface area (Å²) in [6.45, 7) is 4.27. The van der Waals surface area contributed by atoms with Gasteiger partial charge in [-0.3, -0.25) is 4.90 Å². The van der Waals surface area contributed by atoms with E-state index in [9.17, 15) is 0 Å². The minimum absolute atomic E-state index is 0.359. The molecular weight excluding hydrogens is 344 g/mol. The first kappa shape index (κ1) is 17.7. The van der Waals surface area contributed by atoms with Gasteiger partial charge >= 0.3 is 0 Å². The molecule has 0 spiro atoms. The van der Waals surface area contributed by atoms with Gasteiger partial charge in [0.1, 0.15) is 11.5 Å². The van der Waals surface area contributed by atoms with Crippen molar-refractivity contribution in [3.8, 4) is 11.3 Å². The third-order valence-corrected chi connectivity index (χ3v) is 6.98. The molecule has 2 aliphatic rings. The van der Waals surface area contributed by atoms with Crippen molar-refractivity contribution in [1.82, 2.24) is 10.1 Å². The van der Waals surface area contributed by atoms with E-state index >= 15 is 0 Å². The van der Waals surface area contributed by atoms with E-state index in [1.807, 2.05) is 0 Å². The van der Waals surface area contributed by atoms with Gasteiger partial charge in [0.05, 0.1) is 0 Å². The Bertz CT molecular complexity index is 957. The molecule has 28 heavy (non-hydrogen) atoms. The Kier molecular flexibility index (Phi) is 4.36. The van der Waals surface area contributed by atoms with Crippen LogP contribution in [-0.2, 0) is 0 Å². The zero-order valence-corrected chi connectivity index (χ0v) is 16.9. The monoisotopic (exact) mass is 372 g/mol. The molecule has 2 aromatic carbocycles. The Morgan fingerprint density at radius 3 is 2.32 bits per heavy atom. The zero-order chi connectivity index (χ0) is 19.3. The van der Waals surface area contributed by atoms with Crippen molar-refractivity contribution >= 4 is 0 Å². The number of benzene rings is 2. The summed E-state index contributed by atoms with van der Waals surface area (Å²) in [5.41, 5.74) is 6.09. The van der Waals surface area contributed by atoms with Crippen LogP contribution in [0.3, 0.4) is 0 Å². The molecule has 2 saturated heterocycles. The molecule has 0 aliphatic carbocycles. The molecule has 3 nitrogen and oxygen atoms in total. The van der Waals surface area contributed by atoms with Crippen LogP contribution in [0.2, 0.25) is 0 Å². The molecule has 3 heteroatoms. The number of likely N-dealkylation sites (N-methyl/N-ethyl adjacent to an activating group) is 1. The topological polar surface area (TPSA) is 29.3 Å². The maximum atomic E-state index is 5.99. The molecule has 1 aromatic heterocycles. The average molecular weight is 373 g/mol. The quantitative estimate of drug-likeness (QED) is 0.591. The van der Waals surface area contributed by atoms with Crippen LogP contribution in [0.4, 0.5) is 0 Å². The molecule has 2 fully saturated rings. The van der Waals surface area contributed by atoms with Gasteiger partial charge in [-0.2, -0.15) is 0 Å². The summed E-state index contributed by atoms with van der Waals surface area (Å²) < 4.78 is 5.99. The van der Waals surface area contributed by atoms with Crippen LogP contribution in [0.15, 0.2) is 59.1 Å². The first-order valence-electron chi connectivity index (χ1n) is 10.4. The molecule has 0 radical (unpaired) electrons. The Balaban J connectivity index is 1.53. The summed E-state index contributed by atoms with van der Waals surface area (Å²) in [6, 6.07) is 21.0. The second kappa shape index (κ2) is 6.89. The smallest absolute Gasteiger partial charge is 0.142 e. The number of hydrogen-bond acceptors (Lipinski definition) is 3. The number of aromatic nitrogens is 1. The van der Waals surface area contributed by atoms with Crippen LogP contribution in [0.5, 0.6) is 0 Å². The van der Waals surface area contributed by atoms with Gasteiger partial charge < -0.3 is 4.52 Å². The maximum Gasteiger partial charge on any atom is 0.142 e. The van der Waals surface area contributed by atoms with Gasteiger partial charge in [-0.15, -0.1) is 0 Å². The lowest BCUT2D eigenvalue weighted by molar-refractivity contribution is 0.122. The third kappa shape index (κ3) is 2.98. The summed E-state index contributed by atoms with van der Waals surface area (Å²) >= 11 is 0. The summed E-state index contributed by atoms with van der Waals surface area (Å²) in [5.74, 6) is 1.89. The number of hydrogen-bond donors (Lipinski definition) is 0. The van der Waals surface area contributed by atoms with E-state index in [-0.39, 0.29) is 0 Å². The van der Waals surface area contributed by atoms with Gasteiger partial charge in [-0.25, -0.2) is 0 Å². The predicted molar refractivity (Wildman–Crippen MR) is 113 cm³/mol. The van der Waals surface area contributed by atoms with Gasteiger partial charge in [0.2, 0.25) is 0 Å². The minimum Gasteiger partial charge on any atom is -0.360 e. The largest absolute Gasteiger partial charge is 0.360 e. The predicted octanol–water partition coefficient (Wildman–Crippen LogP) is 5.69. The van der Waals surface area contributed by atoms with Crippen molar-refractivity contribution < 1.29 is 4.52 Å². The number of fused-ring (bicyclic) bond motifs is 2. The van der Waals surface area contributed by atoms with E-state index in [1.54, 1.807) is 0 Å². The van der Waals surface area contributed by atoms with E-state index in [2.05, 4.69) is 85.5 Å². The highest BCUT2D eigenvalue weighted by atomic mass is 16.5. The zero-order valence-electron chi connectivity index (χ0n) is 16.9. The van der Waals surface area contributed by atoms with Crippen molar-refractivity contribution in [3.63, 3.8) is 0 Å². The van der Waals surface area contributed by atoms with Crippen LogP contribution in [0.25, 0.3) is 11.3 Å². The van der Waals surface area contributed by atoms with Crippen molar-refractivity contribution in [2.45, 2.75) is 57.0 Å². The second-order valence-corrected chi connectivity index (χ2v) is 8.72. The summed E-state index contributed by atoms with van der Waals surface area (Å²) in [6.07, 6.45) is 3.73.